The fraction of sp³-hybridized carbons (Fsp3) is 0.875. The monoisotopic (exact) mass is 254 g/mol. The van der Waals surface area contributed by atoms with Gasteiger partial charge in [0, 0.05) is 0 Å². The van der Waals surface area contributed by atoms with E-state index < -0.39 is 0 Å². The second kappa shape index (κ2) is 10.1. The molecule has 1 saturated carbocycles. The molecule has 10 heavy (non-hydrogen) atoms. The van der Waals surface area contributed by atoms with Crippen molar-refractivity contribution < 1.29 is 16.3 Å². The van der Waals surface area contributed by atoms with Crippen LogP contribution in [0.15, 0.2) is 0 Å². The predicted octanol–water partition coefficient (Wildman–Crippen LogP) is 3.78. The third-order valence-corrected chi connectivity index (χ3v) is 1.82. The van der Waals surface area contributed by atoms with Gasteiger partial charge in [0.25, 0.3) is 0 Å². The Kier molecular flexibility index (Phi) is 11.2. The summed E-state index contributed by atoms with van der Waals surface area (Å²) < 4.78 is 0. The van der Waals surface area contributed by atoms with Gasteiger partial charge in [0.2, 0.25) is 0 Å². The molecule has 0 bridgehead atoms. The molecule has 0 aromatic carbocycles. The van der Waals surface area contributed by atoms with E-state index in [9.17, 15) is 0 Å². The maximum atomic E-state index is 3.06. The topological polar surface area (TPSA) is 0 Å². The summed E-state index contributed by atoms with van der Waals surface area (Å²) in [5.74, 6) is 0. The average Bonchev–Trinajstić information content (AvgIpc) is 1.90. The van der Waals surface area contributed by atoms with Gasteiger partial charge in [-0.15, -0.1) is 0 Å². The van der Waals surface area contributed by atoms with Gasteiger partial charge in [-0.3, -0.25) is 0 Å². The second-order valence-electron chi connectivity index (χ2n) is 2.63. The zero-order valence-corrected chi connectivity index (χ0v) is 11.2. The molecule has 0 unspecified atom stereocenters. The fourth-order valence-electron chi connectivity index (χ4n) is 1.25. The molecule has 0 spiro atoms. The van der Waals surface area contributed by atoms with Crippen LogP contribution in [0.3, 0.4) is 0 Å². The first-order valence-corrected chi connectivity index (χ1v) is 11.0. The van der Waals surface area contributed by atoms with Crippen molar-refractivity contribution in [3.63, 3.8) is 0 Å². The molecule has 56 valence electrons. The van der Waals surface area contributed by atoms with Gasteiger partial charge >= 0.3 is 30.0 Å². The number of halogens is 1. The van der Waals surface area contributed by atoms with Gasteiger partial charge in [-0.25, -0.2) is 0 Å². The van der Waals surface area contributed by atoms with Crippen LogP contribution in [-0.2, 0) is 16.3 Å². The van der Waals surface area contributed by atoms with E-state index in [2.05, 4.69) is 20.0 Å². The van der Waals surface area contributed by atoms with Crippen LogP contribution in [0, 0.1) is 6.42 Å². The predicted molar refractivity (Wildman–Crippen MR) is 45.5 cm³/mol. The SMILES string of the molecule is [CH-]1CCCCCCC1.[Zn+][Br]. The number of rotatable bonds is 0. The van der Waals surface area contributed by atoms with E-state index in [-0.39, 0.29) is 0 Å². The van der Waals surface area contributed by atoms with Crippen LogP contribution in [0.1, 0.15) is 44.9 Å². The Balaban J connectivity index is 0.000000371. The molecule has 0 N–H and O–H groups in total. The molecule has 1 aliphatic rings. The van der Waals surface area contributed by atoms with E-state index in [1.165, 1.54) is 61.3 Å². The van der Waals surface area contributed by atoms with Gasteiger partial charge in [0.1, 0.15) is 0 Å². The van der Waals surface area contributed by atoms with E-state index in [4.69, 9.17) is 0 Å². The third-order valence-electron chi connectivity index (χ3n) is 1.82. The summed E-state index contributed by atoms with van der Waals surface area (Å²) in [4.78, 5) is 0. The first kappa shape index (κ1) is 11.1. The van der Waals surface area contributed by atoms with Crippen molar-refractivity contribution in [2.75, 3.05) is 0 Å². The van der Waals surface area contributed by atoms with Gasteiger partial charge < -0.3 is 6.42 Å². The van der Waals surface area contributed by atoms with Crippen molar-refractivity contribution in [2.24, 2.45) is 0 Å². The van der Waals surface area contributed by atoms with Crippen molar-refractivity contribution in [1.29, 1.82) is 0 Å². The minimum absolute atomic E-state index is 1.19. The van der Waals surface area contributed by atoms with Gasteiger partial charge in [-0.1, -0.05) is 32.1 Å². The van der Waals surface area contributed by atoms with Crippen LogP contribution in [0.4, 0.5) is 0 Å². The van der Waals surface area contributed by atoms with Crippen molar-refractivity contribution in [3.05, 3.63) is 6.42 Å². The Bertz CT molecular complexity index is 33.2. The van der Waals surface area contributed by atoms with Crippen LogP contribution in [0.25, 0.3) is 0 Å². The Morgan fingerprint density at radius 1 is 0.800 bits per heavy atom. The zero-order chi connectivity index (χ0) is 7.66. The Morgan fingerprint density at radius 3 is 1.70 bits per heavy atom. The summed E-state index contributed by atoms with van der Waals surface area (Å²) >= 11 is 4.25. The zero-order valence-electron chi connectivity index (χ0n) is 6.61. The second-order valence-corrected chi connectivity index (χ2v) is 2.63. The van der Waals surface area contributed by atoms with Crippen molar-refractivity contribution in [1.82, 2.24) is 0 Å². The van der Waals surface area contributed by atoms with Crippen LogP contribution in [0.5, 0.6) is 0 Å². The standard InChI is InChI=1S/C8H15.BrH.Zn/c1-2-4-6-8-7-5-3-1;;/h1H,2-8H2;1H;/q-1;;+2/p-1. The van der Waals surface area contributed by atoms with Gasteiger partial charge in [0.05, 0.1) is 0 Å². The van der Waals surface area contributed by atoms with Gasteiger partial charge in [-0.05, 0) is 0 Å². The molecule has 1 aliphatic carbocycles. The summed E-state index contributed by atoms with van der Waals surface area (Å²) in [7, 11) is 0. The number of hydrogen-bond acceptors (Lipinski definition) is 0. The molecule has 0 nitrogen and oxygen atoms in total. The molecule has 0 atom stereocenters. The minimum atomic E-state index is 1.19. The molecule has 0 radical (unpaired) electrons. The normalized spacial score (nSPS) is 19.9. The van der Waals surface area contributed by atoms with Crippen LogP contribution >= 0.6 is 13.6 Å². The van der Waals surface area contributed by atoms with Crippen LogP contribution < -0.4 is 0 Å². The first-order valence-electron chi connectivity index (χ1n) is 4.08. The summed E-state index contributed by atoms with van der Waals surface area (Å²) in [6.45, 7) is 0. The van der Waals surface area contributed by atoms with Crippen molar-refractivity contribution in [3.8, 4) is 0 Å². The average molecular weight is 257 g/mol. The summed E-state index contributed by atoms with van der Waals surface area (Å²) in [5, 5.41) is 0. The van der Waals surface area contributed by atoms with Crippen LogP contribution in [-0.4, -0.2) is 0 Å². The molecule has 2 heteroatoms. The van der Waals surface area contributed by atoms with E-state index >= 15 is 0 Å². The maximum absolute atomic E-state index is 3.06. The molecule has 0 aromatic heterocycles. The van der Waals surface area contributed by atoms with E-state index in [1.807, 2.05) is 0 Å². The van der Waals surface area contributed by atoms with Crippen LogP contribution in [0.2, 0.25) is 0 Å². The molecule has 1 rings (SSSR count). The van der Waals surface area contributed by atoms with E-state index in [0.717, 1.165) is 0 Å². The van der Waals surface area contributed by atoms with E-state index in [1.54, 1.807) is 0 Å². The third kappa shape index (κ3) is 7.21. The molecular formula is C8H15BrZn. The van der Waals surface area contributed by atoms with E-state index in [0.29, 0.717) is 0 Å². The first-order chi connectivity index (χ1) is 5.00. The fourth-order valence-corrected chi connectivity index (χ4v) is 1.25. The van der Waals surface area contributed by atoms with Crippen molar-refractivity contribution in [2.45, 2.75) is 44.9 Å². The van der Waals surface area contributed by atoms with Gasteiger partial charge in [-0.2, -0.15) is 12.8 Å². The van der Waals surface area contributed by atoms with Crippen molar-refractivity contribution >= 4 is 13.6 Å². The molecule has 0 heterocycles. The molecular weight excluding hydrogens is 241 g/mol. The Labute approximate surface area is 81.2 Å². The number of hydrogen-bond donors (Lipinski definition) is 0. The summed E-state index contributed by atoms with van der Waals surface area (Å²) in [6, 6.07) is 0. The quantitative estimate of drug-likeness (QED) is 0.457. The van der Waals surface area contributed by atoms with Gasteiger partial charge in [0.15, 0.2) is 0 Å². The molecule has 0 amide bonds. The molecule has 0 saturated heterocycles. The summed E-state index contributed by atoms with van der Waals surface area (Å²) in [5.41, 5.74) is 0. The Morgan fingerprint density at radius 2 is 1.20 bits per heavy atom. The molecule has 1 fully saturated rings. The summed E-state index contributed by atoms with van der Waals surface area (Å²) in [6.07, 6.45) is 12.5. The molecule has 0 aromatic rings. The molecule has 0 aliphatic heterocycles. The Hall–Kier alpha value is 1.10.